The first kappa shape index (κ1) is 18.3. The number of hydrogen-bond donors (Lipinski definition) is 0. The Morgan fingerprint density at radius 2 is 2.04 bits per heavy atom. The average molecular weight is 379 g/mol. The lowest BCUT2D eigenvalue weighted by Gasteiger charge is -2.33. The van der Waals surface area contributed by atoms with Gasteiger partial charge in [0, 0.05) is 29.7 Å². The molecule has 2 aromatic rings. The third-order valence-electron chi connectivity index (χ3n) is 4.58. The molecule has 1 saturated heterocycles. The highest BCUT2D eigenvalue weighted by molar-refractivity contribution is 7.99. The van der Waals surface area contributed by atoms with E-state index < -0.39 is 0 Å². The van der Waals surface area contributed by atoms with Gasteiger partial charge in [0.1, 0.15) is 0 Å². The second kappa shape index (κ2) is 8.23. The first-order chi connectivity index (χ1) is 12.1. The molecule has 2 heterocycles. The number of carbonyl (C=O) groups is 1. The van der Waals surface area contributed by atoms with Crippen molar-refractivity contribution < 1.29 is 4.79 Å². The van der Waals surface area contributed by atoms with Crippen molar-refractivity contribution in [2.45, 2.75) is 50.9 Å². The molecule has 1 aromatic heterocycles. The van der Waals surface area contributed by atoms with E-state index in [-0.39, 0.29) is 5.91 Å². The standard InChI is InChI=1S/C18H23ClN4OS/c1-3-22-17(14-7-9-15(19)10-8-14)20-21-18(22)25-12-16(24)23-11-5-4-6-13(23)2/h7-10,13H,3-6,11-12H2,1-2H3. The number of likely N-dealkylation sites (tertiary alicyclic amines) is 1. The smallest absolute Gasteiger partial charge is 0.233 e. The first-order valence-electron chi connectivity index (χ1n) is 8.71. The largest absolute Gasteiger partial charge is 0.339 e. The van der Waals surface area contributed by atoms with Crippen LogP contribution in [0.15, 0.2) is 29.4 Å². The fraction of sp³-hybridized carbons (Fsp3) is 0.500. The Kier molecular flexibility index (Phi) is 6.02. The Bertz CT molecular complexity index is 731. The van der Waals surface area contributed by atoms with E-state index in [0.29, 0.717) is 16.8 Å². The van der Waals surface area contributed by atoms with Gasteiger partial charge < -0.3 is 9.47 Å². The zero-order valence-corrected chi connectivity index (χ0v) is 16.2. The number of aromatic nitrogens is 3. The van der Waals surface area contributed by atoms with Gasteiger partial charge in [-0.15, -0.1) is 10.2 Å². The summed E-state index contributed by atoms with van der Waals surface area (Å²) in [7, 11) is 0. The summed E-state index contributed by atoms with van der Waals surface area (Å²) >= 11 is 7.43. The summed E-state index contributed by atoms with van der Waals surface area (Å²) < 4.78 is 2.04. The van der Waals surface area contributed by atoms with E-state index in [1.54, 1.807) is 0 Å². The lowest BCUT2D eigenvalue weighted by Crippen LogP contribution is -2.43. The van der Waals surface area contributed by atoms with E-state index in [2.05, 4.69) is 24.0 Å². The van der Waals surface area contributed by atoms with Gasteiger partial charge in [-0.05, 0) is 57.4 Å². The van der Waals surface area contributed by atoms with Crippen molar-refractivity contribution in [3.8, 4) is 11.4 Å². The second-order valence-corrected chi connectivity index (χ2v) is 7.66. The Morgan fingerprint density at radius 3 is 2.72 bits per heavy atom. The maximum absolute atomic E-state index is 12.5. The minimum atomic E-state index is 0.191. The van der Waals surface area contributed by atoms with E-state index in [1.807, 2.05) is 33.7 Å². The van der Waals surface area contributed by atoms with Crippen molar-refractivity contribution in [1.29, 1.82) is 0 Å². The Labute approximate surface area is 157 Å². The molecule has 5 nitrogen and oxygen atoms in total. The highest BCUT2D eigenvalue weighted by Gasteiger charge is 2.24. The number of nitrogens with zero attached hydrogens (tertiary/aromatic N) is 4. The van der Waals surface area contributed by atoms with Crippen molar-refractivity contribution in [1.82, 2.24) is 19.7 Å². The van der Waals surface area contributed by atoms with E-state index in [0.717, 1.165) is 42.5 Å². The molecule has 1 amide bonds. The van der Waals surface area contributed by atoms with Gasteiger partial charge in [0.25, 0.3) is 0 Å². The molecule has 134 valence electrons. The fourth-order valence-electron chi connectivity index (χ4n) is 3.17. The summed E-state index contributed by atoms with van der Waals surface area (Å²) in [6.45, 7) is 5.81. The summed E-state index contributed by atoms with van der Waals surface area (Å²) in [5, 5.41) is 10.1. The van der Waals surface area contributed by atoms with Gasteiger partial charge in [0.15, 0.2) is 11.0 Å². The second-order valence-electron chi connectivity index (χ2n) is 6.28. The topological polar surface area (TPSA) is 51.0 Å². The van der Waals surface area contributed by atoms with Crippen molar-refractivity contribution >= 4 is 29.3 Å². The van der Waals surface area contributed by atoms with Crippen LogP contribution in [0.4, 0.5) is 0 Å². The van der Waals surface area contributed by atoms with Crippen LogP contribution < -0.4 is 0 Å². The molecule has 0 spiro atoms. The van der Waals surface area contributed by atoms with Crippen LogP contribution in [0.1, 0.15) is 33.1 Å². The number of thioether (sulfide) groups is 1. The zero-order valence-electron chi connectivity index (χ0n) is 14.6. The molecule has 7 heteroatoms. The number of piperidine rings is 1. The number of carbonyl (C=O) groups excluding carboxylic acids is 1. The van der Waals surface area contributed by atoms with E-state index in [9.17, 15) is 4.79 Å². The highest BCUT2D eigenvalue weighted by atomic mass is 35.5. The van der Waals surface area contributed by atoms with Crippen LogP contribution >= 0.6 is 23.4 Å². The maximum atomic E-state index is 12.5. The Balaban J connectivity index is 1.70. The maximum Gasteiger partial charge on any atom is 0.233 e. The van der Waals surface area contributed by atoms with Crippen LogP contribution in [-0.4, -0.2) is 43.9 Å². The van der Waals surface area contributed by atoms with Crippen molar-refractivity contribution in [3.05, 3.63) is 29.3 Å². The van der Waals surface area contributed by atoms with Gasteiger partial charge in [-0.25, -0.2) is 0 Å². The molecule has 3 rings (SSSR count). The van der Waals surface area contributed by atoms with Crippen LogP contribution in [-0.2, 0) is 11.3 Å². The molecule has 0 aliphatic carbocycles. The molecule has 0 bridgehead atoms. The third kappa shape index (κ3) is 4.18. The van der Waals surface area contributed by atoms with Crippen molar-refractivity contribution in [2.24, 2.45) is 0 Å². The van der Waals surface area contributed by atoms with Crippen LogP contribution in [0.2, 0.25) is 5.02 Å². The van der Waals surface area contributed by atoms with Gasteiger partial charge in [0.2, 0.25) is 5.91 Å². The summed E-state index contributed by atoms with van der Waals surface area (Å²) in [5.74, 6) is 1.40. The molecule has 1 fully saturated rings. The van der Waals surface area contributed by atoms with Crippen LogP contribution in [0.25, 0.3) is 11.4 Å². The molecular weight excluding hydrogens is 356 g/mol. The number of hydrogen-bond acceptors (Lipinski definition) is 4. The van der Waals surface area contributed by atoms with Gasteiger partial charge >= 0.3 is 0 Å². The molecule has 1 aliphatic heterocycles. The summed E-state index contributed by atoms with van der Waals surface area (Å²) in [5.41, 5.74) is 0.974. The quantitative estimate of drug-likeness (QED) is 0.734. The Morgan fingerprint density at radius 1 is 1.28 bits per heavy atom. The highest BCUT2D eigenvalue weighted by Crippen LogP contribution is 2.26. The number of amides is 1. The van der Waals surface area contributed by atoms with E-state index in [4.69, 9.17) is 11.6 Å². The molecule has 1 aliphatic rings. The summed E-state index contributed by atoms with van der Waals surface area (Å²) in [6, 6.07) is 7.91. The minimum absolute atomic E-state index is 0.191. The van der Waals surface area contributed by atoms with E-state index in [1.165, 1.54) is 18.2 Å². The zero-order chi connectivity index (χ0) is 17.8. The van der Waals surface area contributed by atoms with Crippen molar-refractivity contribution in [3.63, 3.8) is 0 Å². The molecule has 1 unspecified atom stereocenters. The van der Waals surface area contributed by atoms with Crippen LogP contribution in [0, 0.1) is 0 Å². The number of rotatable bonds is 5. The Hall–Kier alpha value is -1.53. The SMILES string of the molecule is CCn1c(SCC(=O)N2CCCCC2C)nnc1-c1ccc(Cl)cc1. The van der Waals surface area contributed by atoms with Crippen LogP contribution in [0.3, 0.4) is 0 Å². The van der Waals surface area contributed by atoms with Crippen molar-refractivity contribution in [2.75, 3.05) is 12.3 Å². The molecule has 25 heavy (non-hydrogen) atoms. The molecule has 0 saturated carbocycles. The predicted molar refractivity (Wildman–Crippen MR) is 102 cm³/mol. The predicted octanol–water partition coefficient (Wildman–Crippen LogP) is 4.11. The normalized spacial score (nSPS) is 17.7. The van der Waals surface area contributed by atoms with Gasteiger partial charge in [-0.3, -0.25) is 4.79 Å². The van der Waals surface area contributed by atoms with Gasteiger partial charge in [0.05, 0.1) is 5.75 Å². The summed E-state index contributed by atoms with van der Waals surface area (Å²) in [6.07, 6.45) is 3.42. The first-order valence-corrected chi connectivity index (χ1v) is 10.1. The minimum Gasteiger partial charge on any atom is -0.339 e. The molecule has 1 aromatic carbocycles. The lowest BCUT2D eigenvalue weighted by atomic mass is 10.0. The molecule has 0 radical (unpaired) electrons. The average Bonchev–Trinajstić information content (AvgIpc) is 3.03. The molecular formula is C18H23ClN4OS. The monoisotopic (exact) mass is 378 g/mol. The number of benzene rings is 1. The van der Waals surface area contributed by atoms with E-state index >= 15 is 0 Å². The lowest BCUT2D eigenvalue weighted by molar-refractivity contribution is -0.131. The van der Waals surface area contributed by atoms with Gasteiger partial charge in [-0.2, -0.15) is 0 Å². The molecule has 0 N–H and O–H groups in total. The summed E-state index contributed by atoms with van der Waals surface area (Å²) in [4.78, 5) is 14.5. The fourth-order valence-corrected chi connectivity index (χ4v) is 4.19. The third-order valence-corrected chi connectivity index (χ3v) is 5.79. The molecule has 1 atom stereocenters. The van der Waals surface area contributed by atoms with Crippen LogP contribution in [0.5, 0.6) is 0 Å². The number of halogens is 1. The van der Waals surface area contributed by atoms with Gasteiger partial charge in [-0.1, -0.05) is 23.4 Å².